The van der Waals surface area contributed by atoms with E-state index in [2.05, 4.69) is 5.32 Å². The predicted octanol–water partition coefficient (Wildman–Crippen LogP) is 1.88. The van der Waals surface area contributed by atoms with Crippen LogP contribution in [0.15, 0.2) is 18.2 Å². The lowest BCUT2D eigenvalue weighted by molar-refractivity contribution is -0.136. The first-order valence-electron chi connectivity index (χ1n) is 8.34. The van der Waals surface area contributed by atoms with Crippen molar-refractivity contribution < 1.29 is 14.3 Å². The number of aryl methyl sites for hydroxylation is 2. The summed E-state index contributed by atoms with van der Waals surface area (Å²) in [6.07, 6.45) is 1.57. The van der Waals surface area contributed by atoms with Gasteiger partial charge in [0.25, 0.3) is 0 Å². The molecule has 140 valence electrons. The molecule has 1 unspecified atom stereocenters. The van der Waals surface area contributed by atoms with Crippen LogP contribution >= 0.6 is 12.4 Å². The average molecular weight is 370 g/mol. The van der Waals surface area contributed by atoms with Gasteiger partial charge in [0.2, 0.25) is 11.8 Å². The normalized spacial score (nSPS) is 15.8. The van der Waals surface area contributed by atoms with E-state index in [0.29, 0.717) is 13.2 Å². The Morgan fingerprint density at radius 1 is 1.28 bits per heavy atom. The fourth-order valence-corrected chi connectivity index (χ4v) is 3.01. The molecule has 1 aliphatic rings. The number of carbonyl (C=O) groups excluding carboxylic acids is 2. The van der Waals surface area contributed by atoms with E-state index in [-0.39, 0.29) is 36.7 Å². The second kappa shape index (κ2) is 9.75. The molecule has 0 aromatic heterocycles. The number of rotatable bonds is 5. The SMILES string of the molecule is Cc1cccc(C)c1NC(=O)CN(C)C(=O)C(N)C1CCOCC1.Cl. The van der Waals surface area contributed by atoms with Gasteiger partial charge in [0, 0.05) is 25.9 Å². The molecule has 0 saturated carbocycles. The zero-order valence-corrected chi connectivity index (χ0v) is 15.9. The fourth-order valence-electron chi connectivity index (χ4n) is 3.01. The molecule has 1 aromatic carbocycles. The number of halogens is 1. The molecule has 6 nitrogen and oxygen atoms in total. The Kier molecular flexibility index (Phi) is 8.35. The summed E-state index contributed by atoms with van der Waals surface area (Å²) in [5.74, 6) is -0.295. The maximum Gasteiger partial charge on any atom is 0.243 e. The van der Waals surface area contributed by atoms with Crippen molar-refractivity contribution in [3.8, 4) is 0 Å². The summed E-state index contributed by atoms with van der Waals surface area (Å²) in [5, 5.41) is 2.89. The van der Waals surface area contributed by atoms with Gasteiger partial charge in [0.15, 0.2) is 0 Å². The Bertz CT molecular complexity index is 583. The van der Waals surface area contributed by atoms with E-state index in [1.807, 2.05) is 32.0 Å². The fraction of sp³-hybridized carbons (Fsp3) is 0.556. The monoisotopic (exact) mass is 369 g/mol. The third-order valence-corrected chi connectivity index (χ3v) is 4.56. The number of nitrogens with one attached hydrogen (secondary N) is 1. The van der Waals surface area contributed by atoms with Crippen molar-refractivity contribution in [1.29, 1.82) is 0 Å². The first kappa shape index (κ1) is 21.4. The van der Waals surface area contributed by atoms with E-state index >= 15 is 0 Å². The van der Waals surface area contributed by atoms with Crippen LogP contribution in [-0.4, -0.2) is 49.6 Å². The molecule has 2 amide bonds. The van der Waals surface area contributed by atoms with Gasteiger partial charge in [0.05, 0.1) is 12.6 Å². The second-order valence-corrected chi connectivity index (χ2v) is 6.48. The van der Waals surface area contributed by atoms with Crippen LogP contribution in [0.5, 0.6) is 0 Å². The minimum absolute atomic E-state index is 0. The molecule has 1 heterocycles. The minimum atomic E-state index is -0.577. The summed E-state index contributed by atoms with van der Waals surface area (Å²) < 4.78 is 5.30. The molecule has 0 bridgehead atoms. The number of nitrogens with two attached hydrogens (primary N) is 1. The number of benzene rings is 1. The molecule has 0 radical (unpaired) electrons. The number of nitrogens with zero attached hydrogens (tertiary/aromatic N) is 1. The largest absolute Gasteiger partial charge is 0.381 e. The molecule has 7 heteroatoms. The Morgan fingerprint density at radius 3 is 2.40 bits per heavy atom. The van der Waals surface area contributed by atoms with Crippen molar-refractivity contribution >= 4 is 29.9 Å². The smallest absolute Gasteiger partial charge is 0.243 e. The van der Waals surface area contributed by atoms with Gasteiger partial charge >= 0.3 is 0 Å². The van der Waals surface area contributed by atoms with Crippen molar-refractivity contribution in [3.05, 3.63) is 29.3 Å². The van der Waals surface area contributed by atoms with Crippen LogP contribution in [0.3, 0.4) is 0 Å². The molecule has 0 spiro atoms. The summed E-state index contributed by atoms with van der Waals surface area (Å²) in [6.45, 7) is 5.16. The first-order chi connectivity index (χ1) is 11.4. The van der Waals surface area contributed by atoms with Crippen LogP contribution in [0, 0.1) is 19.8 Å². The lowest BCUT2D eigenvalue weighted by Gasteiger charge is -2.29. The number of hydrogen-bond acceptors (Lipinski definition) is 4. The van der Waals surface area contributed by atoms with Gasteiger partial charge in [-0.15, -0.1) is 12.4 Å². The number of para-hydroxylation sites is 1. The molecular formula is C18H28ClN3O3. The number of amides is 2. The number of likely N-dealkylation sites (N-methyl/N-ethyl adjacent to an activating group) is 1. The average Bonchev–Trinajstić information content (AvgIpc) is 2.57. The Morgan fingerprint density at radius 2 is 1.84 bits per heavy atom. The van der Waals surface area contributed by atoms with Crippen molar-refractivity contribution in [1.82, 2.24) is 4.90 Å². The van der Waals surface area contributed by atoms with Crippen LogP contribution in [0.4, 0.5) is 5.69 Å². The zero-order chi connectivity index (χ0) is 17.7. The lowest BCUT2D eigenvalue weighted by Crippen LogP contribution is -2.49. The van der Waals surface area contributed by atoms with Gasteiger partial charge in [0.1, 0.15) is 0 Å². The maximum atomic E-state index is 12.4. The van der Waals surface area contributed by atoms with Crippen molar-refractivity contribution in [2.75, 3.05) is 32.1 Å². The van der Waals surface area contributed by atoms with Gasteiger partial charge in [-0.1, -0.05) is 18.2 Å². The highest BCUT2D eigenvalue weighted by atomic mass is 35.5. The Balaban J connectivity index is 0.00000312. The predicted molar refractivity (Wildman–Crippen MR) is 101 cm³/mol. The molecule has 1 aliphatic heterocycles. The van der Waals surface area contributed by atoms with E-state index in [1.54, 1.807) is 7.05 Å². The van der Waals surface area contributed by atoms with Crippen LogP contribution in [0.2, 0.25) is 0 Å². The van der Waals surface area contributed by atoms with Crippen molar-refractivity contribution in [2.45, 2.75) is 32.7 Å². The third-order valence-electron chi connectivity index (χ3n) is 4.56. The summed E-state index contributed by atoms with van der Waals surface area (Å²) in [5.41, 5.74) is 8.89. The summed E-state index contributed by atoms with van der Waals surface area (Å²) >= 11 is 0. The van der Waals surface area contributed by atoms with Gasteiger partial charge in [-0.05, 0) is 43.7 Å². The molecule has 1 atom stereocenters. The maximum absolute atomic E-state index is 12.4. The molecule has 3 N–H and O–H groups in total. The van der Waals surface area contributed by atoms with Gasteiger partial charge in [-0.2, -0.15) is 0 Å². The third kappa shape index (κ3) is 5.70. The number of anilines is 1. The highest BCUT2D eigenvalue weighted by Crippen LogP contribution is 2.20. The summed E-state index contributed by atoms with van der Waals surface area (Å²) in [7, 11) is 1.62. The van der Waals surface area contributed by atoms with Crippen LogP contribution < -0.4 is 11.1 Å². The highest BCUT2D eigenvalue weighted by Gasteiger charge is 2.29. The number of carbonyl (C=O) groups is 2. The van der Waals surface area contributed by atoms with Gasteiger partial charge < -0.3 is 20.7 Å². The Labute approximate surface area is 155 Å². The molecule has 1 saturated heterocycles. The zero-order valence-electron chi connectivity index (χ0n) is 15.1. The highest BCUT2D eigenvalue weighted by molar-refractivity contribution is 5.96. The second-order valence-electron chi connectivity index (χ2n) is 6.48. The molecular weight excluding hydrogens is 342 g/mol. The van der Waals surface area contributed by atoms with Crippen LogP contribution in [0.1, 0.15) is 24.0 Å². The van der Waals surface area contributed by atoms with E-state index < -0.39 is 6.04 Å². The quantitative estimate of drug-likeness (QED) is 0.829. The summed E-state index contributed by atoms with van der Waals surface area (Å²) in [4.78, 5) is 26.1. The van der Waals surface area contributed by atoms with Crippen molar-refractivity contribution in [2.24, 2.45) is 11.7 Å². The van der Waals surface area contributed by atoms with Crippen LogP contribution in [0.25, 0.3) is 0 Å². The molecule has 1 fully saturated rings. The minimum Gasteiger partial charge on any atom is -0.381 e. The van der Waals surface area contributed by atoms with Gasteiger partial charge in [-0.25, -0.2) is 0 Å². The number of ether oxygens (including phenoxy) is 1. The lowest BCUT2D eigenvalue weighted by atomic mass is 9.91. The van der Waals surface area contributed by atoms with Crippen LogP contribution in [-0.2, 0) is 14.3 Å². The Hall–Kier alpha value is -1.63. The topological polar surface area (TPSA) is 84.7 Å². The van der Waals surface area contributed by atoms with E-state index in [0.717, 1.165) is 29.7 Å². The molecule has 25 heavy (non-hydrogen) atoms. The standard InChI is InChI=1S/C18H27N3O3.ClH/c1-12-5-4-6-13(2)17(12)20-15(22)11-21(3)18(23)16(19)14-7-9-24-10-8-14;/h4-6,14,16H,7-11,19H2,1-3H3,(H,20,22);1H. The van der Waals surface area contributed by atoms with E-state index in [4.69, 9.17) is 10.5 Å². The number of hydrogen-bond donors (Lipinski definition) is 2. The molecule has 1 aromatic rings. The van der Waals surface area contributed by atoms with E-state index in [9.17, 15) is 9.59 Å². The van der Waals surface area contributed by atoms with Crippen molar-refractivity contribution in [3.63, 3.8) is 0 Å². The van der Waals surface area contributed by atoms with E-state index in [1.165, 1.54) is 4.90 Å². The molecule has 0 aliphatic carbocycles. The van der Waals surface area contributed by atoms with Gasteiger partial charge in [-0.3, -0.25) is 9.59 Å². The molecule has 2 rings (SSSR count). The first-order valence-corrected chi connectivity index (χ1v) is 8.34. The summed E-state index contributed by atoms with van der Waals surface area (Å²) in [6, 6.07) is 5.26.